The van der Waals surface area contributed by atoms with Crippen molar-refractivity contribution in [3.63, 3.8) is 0 Å². The van der Waals surface area contributed by atoms with Crippen LogP contribution in [0.15, 0.2) is 18.3 Å². The van der Waals surface area contributed by atoms with Crippen LogP contribution >= 0.6 is 0 Å². The van der Waals surface area contributed by atoms with E-state index in [1.165, 1.54) is 6.20 Å². The Kier molecular flexibility index (Phi) is 8.86. The summed E-state index contributed by atoms with van der Waals surface area (Å²) >= 11 is 0. The minimum absolute atomic E-state index is 0.0802. The fourth-order valence-corrected chi connectivity index (χ4v) is 3.27. The summed E-state index contributed by atoms with van der Waals surface area (Å²) in [6.07, 6.45) is 3.20. The molecule has 2 heterocycles. The zero-order valence-electron chi connectivity index (χ0n) is 18.6. The highest BCUT2D eigenvalue weighted by molar-refractivity contribution is 5.94. The third-order valence-corrected chi connectivity index (χ3v) is 5.10. The number of rotatable bonds is 10. The fraction of sp³-hybridized carbons (Fsp3) is 0.545. The molecule has 0 bridgehead atoms. The highest BCUT2D eigenvalue weighted by atomic mass is 16.5. The normalized spacial score (nSPS) is 17.0. The molecule has 0 spiro atoms. The third kappa shape index (κ3) is 7.44. The topological polar surface area (TPSA) is 144 Å². The number of piperidine rings is 1. The molecule has 1 saturated heterocycles. The maximum absolute atomic E-state index is 12.7. The van der Waals surface area contributed by atoms with Gasteiger partial charge in [-0.05, 0) is 31.4 Å². The number of nitrogens with one attached hydrogen (secondary N) is 3. The van der Waals surface area contributed by atoms with E-state index in [1.54, 1.807) is 12.1 Å². The smallest absolute Gasteiger partial charge is 0.340 e. The van der Waals surface area contributed by atoms with Crippen LogP contribution in [0.2, 0.25) is 0 Å². The van der Waals surface area contributed by atoms with E-state index in [4.69, 9.17) is 4.74 Å². The molecule has 174 valence electrons. The maximum Gasteiger partial charge on any atom is 0.340 e. The van der Waals surface area contributed by atoms with Crippen molar-refractivity contribution in [2.75, 3.05) is 19.7 Å². The van der Waals surface area contributed by atoms with E-state index < -0.39 is 36.2 Å². The second kappa shape index (κ2) is 11.4. The summed E-state index contributed by atoms with van der Waals surface area (Å²) in [5.74, 6) is -2.47. The first-order valence-electron chi connectivity index (χ1n) is 10.5. The molecule has 1 unspecified atom stereocenters. The quantitative estimate of drug-likeness (QED) is 0.345. The van der Waals surface area contributed by atoms with Crippen LogP contribution in [0.1, 0.15) is 56.1 Å². The largest absolute Gasteiger partial charge is 0.454 e. The Balaban J connectivity index is 2.00. The summed E-state index contributed by atoms with van der Waals surface area (Å²) in [4.78, 5) is 63.8. The van der Waals surface area contributed by atoms with Crippen LogP contribution < -0.4 is 16.0 Å². The molecule has 1 aromatic rings. The van der Waals surface area contributed by atoms with E-state index in [2.05, 4.69) is 20.9 Å². The Hall–Kier alpha value is -3.30. The summed E-state index contributed by atoms with van der Waals surface area (Å²) in [6.45, 7) is 5.69. The fourth-order valence-electron chi connectivity index (χ4n) is 3.27. The molecule has 2 atom stereocenters. The summed E-state index contributed by atoms with van der Waals surface area (Å²) in [6, 6.07) is 2.28. The number of ether oxygens (including phenoxy) is 1. The van der Waals surface area contributed by atoms with E-state index in [1.807, 2.05) is 20.8 Å². The van der Waals surface area contributed by atoms with E-state index >= 15 is 0 Å². The Morgan fingerprint density at radius 3 is 2.66 bits per heavy atom. The lowest BCUT2D eigenvalue weighted by Gasteiger charge is -2.26. The van der Waals surface area contributed by atoms with Crippen molar-refractivity contribution in [2.45, 2.75) is 51.5 Å². The van der Waals surface area contributed by atoms with Crippen molar-refractivity contribution in [3.05, 3.63) is 29.6 Å². The van der Waals surface area contributed by atoms with Crippen molar-refractivity contribution in [1.29, 1.82) is 0 Å². The van der Waals surface area contributed by atoms with Crippen LogP contribution in [0, 0.1) is 5.92 Å². The number of Topliss-reactive ketones (excluding diaryl/α,β-unsaturated/α-hetero) is 1. The summed E-state index contributed by atoms with van der Waals surface area (Å²) in [5, 5.41) is 7.47. The predicted octanol–water partition coefficient (Wildman–Crippen LogP) is 0.252. The van der Waals surface area contributed by atoms with Crippen molar-refractivity contribution in [3.8, 4) is 0 Å². The molecule has 10 nitrogen and oxygen atoms in total. The molecule has 0 radical (unpaired) electrons. The number of hydrogen-bond acceptors (Lipinski definition) is 7. The predicted molar refractivity (Wildman–Crippen MR) is 115 cm³/mol. The zero-order valence-corrected chi connectivity index (χ0v) is 18.6. The molecule has 1 aliphatic heterocycles. The first kappa shape index (κ1) is 25.0. The zero-order chi connectivity index (χ0) is 23.7. The molecule has 3 N–H and O–H groups in total. The lowest BCUT2D eigenvalue weighted by atomic mass is 9.90. The number of carbonyl (C=O) groups excluding carboxylic acids is 5. The molecule has 0 aliphatic carbocycles. The Bertz CT molecular complexity index is 847. The number of esters is 1. The number of ketones is 1. The standard InChI is InChI=1S/C22H30N4O6/c1-22(2,3)18-7-6-15(10-25-18)21(31)32-12-17(28)16(26-19(29)11-23-13-27)9-14-5-4-8-24-20(14)30/h6-7,10,13-14,16H,4-5,8-9,11-12H2,1-3H3,(H,23,27)(H,24,30)(H,26,29)/t14-,16?/m0/s1. The van der Waals surface area contributed by atoms with Crippen LogP contribution in [-0.4, -0.2) is 60.7 Å². The van der Waals surface area contributed by atoms with Crippen LogP contribution in [0.3, 0.4) is 0 Å². The summed E-state index contributed by atoms with van der Waals surface area (Å²) in [7, 11) is 0. The molecule has 0 aromatic carbocycles. The molecule has 3 amide bonds. The molecule has 1 fully saturated rings. The first-order chi connectivity index (χ1) is 15.1. The van der Waals surface area contributed by atoms with E-state index in [0.717, 1.165) is 12.1 Å². The van der Waals surface area contributed by atoms with Crippen molar-refractivity contribution in [2.24, 2.45) is 5.92 Å². The van der Waals surface area contributed by atoms with E-state index in [9.17, 15) is 24.0 Å². The Morgan fingerprint density at radius 1 is 1.31 bits per heavy atom. The number of pyridine rings is 1. The molecule has 10 heteroatoms. The van der Waals surface area contributed by atoms with Gasteiger partial charge in [0.1, 0.15) is 0 Å². The average molecular weight is 447 g/mol. The van der Waals surface area contributed by atoms with Gasteiger partial charge in [-0.2, -0.15) is 0 Å². The Morgan fingerprint density at radius 2 is 2.06 bits per heavy atom. The van der Waals surface area contributed by atoms with Gasteiger partial charge < -0.3 is 20.7 Å². The monoisotopic (exact) mass is 446 g/mol. The van der Waals surface area contributed by atoms with Gasteiger partial charge in [-0.3, -0.25) is 24.2 Å². The number of nitrogens with zero attached hydrogens (tertiary/aromatic N) is 1. The lowest BCUT2D eigenvalue weighted by Crippen LogP contribution is -2.49. The van der Waals surface area contributed by atoms with Crippen LogP contribution in [-0.2, 0) is 29.3 Å². The van der Waals surface area contributed by atoms with Gasteiger partial charge in [0, 0.05) is 29.8 Å². The van der Waals surface area contributed by atoms with Gasteiger partial charge in [-0.15, -0.1) is 0 Å². The summed E-state index contributed by atoms with van der Waals surface area (Å²) < 4.78 is 5.12. The van der Waals surface area contributed by atoms with Crippen molar-refractivity contribution < 1.29 is 28.7 Å². The molecule has 1 aromatic heterocycles. The minimum atomic E-state index is -1.03. The average Bonchev–Trinajstić information content (AvgIpc) is 2.76. The van der Waals surface area contributed by atoms with Gasteiger partial charge >= 0.3 is 5.97 Å². The third-order valence-electron chi connectivity index (χ3n) is 5.10. The number of aromatic nitrogens is 1. The number of amides is 3. The number of carbonyl (C=O) groups is 5. The second-order valence-corrected chi connectivity index (χ2v) is 8.71. The van der Waals surface area contributed by atoms with E-state index in [-0.39, 0.29) is 29.9 Å². The second-order valence-electron chi connectivity index (χ2n) is 8.71. The van der Waals surface area contributed by atoms with Gasteiger partial charge in [-0.1, -0.05) is 20.8 Å². The van der Waals surface area contributed by atoms with Crippen LogP contribution in [0.4, 0.5) is 0 Å². The van der Waals surface area contributed by atoms with Crippen molar-refractivity contribution >= 4 is 30.0 Å². The van der Waals surface area contributed by atoms with Crippen LogP contribution in [0.5, 0.6) is 0 Å². The summed E-state index contributed by atoms with van der Waals surface area (Å²) in [5.41, 5.74) is 0.837. The molecule has 0 saturated carbocycles. The first-order valence-corrected chi connectivity index (χ1v) is 10.5. The van der Waals surface area contributed by atoms with Gasteiger partial charge in [0.25, 0.3) is 0 Å². The lowest BCUT2D eigenvalue weighted by molar-refractivity contribution is -0.132. The van der Waals surface area contributed by atoms with Gasteiger partial charge in [0.05, 0.1) is 18.2 Å². The van der Waals surface area contributed by atoms with Gasteiger partial charge in [0.15, 0.2) is 12.4 Å². The highest BCUT2D eigenvalue weighted by Gasteiger charge is 2.30. The molecule has 2 rings (SSSR count). The number of hydrogen-bond donors (Lipinski definition) is 3. The molecular weight excluding hydrogens is 416 g/mol. The molecule has 32 heavy (non-hydrogen) atoms. The van der Waals surface area contributed by atoms with E-state index in [0.29, 0.717) is 19.4 Å². The van der Waals surface area contributed by atoms with Gasteiger partial charge in [-0.25, -0.2) is 4.79 Å². The molecular formula is C22H30N4O6. The van der Waals surface area contributed by atoms with Crippen molar-refractivity contribution in [1.82, 2.24) is 20.9 Å². The Labute approximate surface area is 186 Å². The van der Waals surface area contributed by atoms with Crippen LogP contribution in [0.25, 0.3) is 0 Å². The minimum Gasteiger partial charge on any atom is -0.454 e. The highest BCUT2D eigenvalue weighted by Crippen LogP contribution is 2.20. The van der Waals surface area contributed by atoms with Gasteiger partial charge in [0.2, 0.25) is 18.2 Å². The maximum atomic E-state index is 12.7. The molecule has 1 aliphatic rings. The SMILES string of the molecule is CC(C)(C)c1ccc(C(=O)OCC(=O)C(C[C@@H]2CCCNC2=O)NC(=O)CNC=O)cn1.